The first-order valence-electron chi connectivity index (χ1n) is 12.0. The summed E-state index contributed by atoms with van der Waals surface area (Å²) in [6.07, 6.45) is 10.4. The topological polar surface area (TPSA) is 43.4 Å². The van der Waals surface area contributed by atoms with Gasteiger partial charge in [-0.25, -0.2) is 0 Å². The van der Waals surface area contributed by atoms with Gasteiger partial charge in [-0.2, -0.15) is 0 Å². The molecular formula is C26H36N2O2S. The predicted molar refractivity (Wildman–Crippen MR) is 126 cm³/mol. The van der Waals surface area contributed by atoms with E-state index in [1.54, 1.807) is 0 Å². The van der Waals surface area contributed by atoms with Crippen LogP contribution in [0, 0.1) is 0 Å². The molecular weight excluding hydrogens is 404 g/mol. The number of hydrogen-bond acceptors (Lipinski definition) is 5. The molecule has 0 radical (unpaired) electrons. The van der Waals surface area contributed by atoms with E-state index in [2.05, 4.69) is 42.7 Å². The second-order valence-electron chi connectivity index (χ2n) is 10.5. The standard InChI is InChI=1S/C26H36N2O2S/c1-24(2)19-29-21(20-8-16-31-23(20)24)17-27-14-11-25(22-7-3-6-13-28-22)12-15-30-26(18-25)9-4-5-10-26/h3,6-8,13,16,21,27H,4-5,9-12,14-15,17-19H2,1-2H3/t21?,25-/m1/s1. The lowest BCUT2D eigenvalue weighted by molar-refractivity contribution is -0.104. The summed E-state index contributed by atoms with van der Waals surface area (Å²) in [5.41, 5.74) is 2.95. The van der Waals surface area contributed by atoms with Crippen molar-refractivity contribution in [1.82, 2.24) is 10.3 Å². The maximum Gasteiger partial charge on any atom is 0.0960 e. The Bertz CT molecular complexity index is 875. The molecule has 4 nitrogen and oxygen atoms in total. The molecule has 5 rings (SSSR count). The number of aromatic nitrogens is 1. The van der Waals surface area contributed by atoms with Crippen molar-refractivity contribution < 1.29 is 9.47 Å². The van der Waals surface area contributed by atoms with Crippen LogP contribution >= 0.6 is 11.3 Å². The molecule has 3 aliphatic rings. The summed E-state index contributed by atoms with van der Waals surface area (Å²) in [5, 5.41) is 5.96. The molecule has 0 aromatic carbocycles. The third-order valence-corrected chi connectivity index (χ3v) is 9.08. The van der Waals surface area contributed by atoms with Gasteiger partial charge in [0.1, 0.15) is 0 Å². The number of ether oxygens (including phenoxy) is 2. The fourth-order valence-electron chi connectivity index (χ4n) is 6.11. The van der Waals surface area contributed by atoms with Gasteiger partial charge in [-0.15, -0.1) is 11.3 Å². The Hall–Kier alpha value is -1.27. The number of rotatable bonds is 6. The first kappa shape index (κ1) is 21.6. The third-order valence-electron chi connectivity index (χ3n) is 7.79. The second-order valence-corrected chi connectivity index (χ2v) is 11.4. The van der Waals surface area contributed by atoms with Crippen molar-refractivity contribution in [3.05, 3.63) is 52.0 Å². The third kappa shape index (κ3) is 4.22. The Balaban J connectivity index is 1.26. The number of nitrogens with zero attached hydrogens (tertiary/aromatic N) is 1. The van der Waals surface area contributed by atoms with Crippen LogP contribution in [0.2, 0.25) is 0 Å². The van der Waals surface area contributed by atoms with Gasteiger partial charge in [0.05, 0.1) is 18.3 Å². The van der Waals surface area contributed by atoms with E-state index in [0.29, 0.717) is 0 Å². The minimum absolute atomic E-state index is 0.0828. The lowest BCUT2D eigenvalue weighted by Gasteiger charge is -2.46. The highest BCUT2D eigenvalue weighted by Crippen LogP contribution is 2.49. The smallest absolute Gasteiger partial charge is 0.0960 e. The van der Waals surface area contributed by atoms with E-state index in [4.69, 9.17) is 14.5 Å². The Kier molecular flexibility index (Phi) is 5.97. The van der Waals surface area contributed by atoms with E-state index < -0.39 is 0 Å². The molecule has 1 N–H and O–H groups in total. The fourth-order valence-corrected chi connectivity index (χ4v) is 7.18. The van der Waals surface area contributed by atoms with Crippen molar-refractivity contribution in [1.29, 1.82) is 0 Å². The number of hydrogen-bond donors (Lipinski definition) is 1. The molecule has 1 saturated carbocycles. The van der Waals surface area contributed by atoms with Crippen LogP contribution in [0.3, 0.4) is 0 Å². The molecule has 1 unspecified atom stereocenters. The summed E-state index contributed by atoms with van der Waals surface area (Å²) in [6, 6.07) is 8.66. The number of pyridine rings is 1. The van der Waals surface area contributed by atoms with Crippen LogP contribution in [-0.4, -0.2) is 36.9 Å². The predicted octanol–water partition coefficient (Wildman–Crippen LogP) is 5.53. The molecule has 2 aliphatic heterocycles. The molecule has 31 heavy (non-hydrogen) atoms. The molecule has 1 saturated heterocycles. The highest BCUT2D eigenvalue weighted by atomic mass is 32.1. The second kappa shape index (κ2) is 8.58. The normalized spacial score (nSPS) is 29.2. The van der Waals surface area contributed by atoms with Crippen molar-refractivity contribution in [2.24, 2.45) is 0 Å². The van der Waals surface area contributed by atoms with Gasteiger partial charge in [-0.1, -0.05) is 32.8 Å². The zero-order valence-electron chi connectivity index (χ0n) is 19.0. The molecule has 2 aromatic rings. The Morgan fingerprint density at radius 1 is 1.16 bits per heavy atom. The monoisotopic (exact) mass is 440 g/mol. The van der Waals surface area contributed by atoms with E-state index in [0.717, 1.165) is 45.6 Å². The first-order valence-corrected chi connectivity index (χ1v) is 12.9. The van der Waals surface area contributed by atoms with Crippen molar-refractivity contribution >= 4 is 11.3 Å². The largest absolute Gasteiger partial charge is 0.375 e. The van der Waals surface area contributed by atoms with Gasteiger partial charge in [0.2, 0.25) is 0 Å². The molecule has 168 valence electrons. The van der Waals surface area contributed by atoms with Crippen LogP contribution in [0.4, 0.5) is 0 Å². The SMILES string of the molecule is CC1(C)COC(CNCC[C@@]2(c3ccccn3)CCOC3(CCCC3)C2)c2ccsc21. The maximum absolute atomic E-state index is 6.39. The van der Waals surface area contributed by atoms with Crippen molar-refractivity contribution in [3.63, 3.8) is 0 Å². The maximum atomic E-state index is 6.39. The molecule has 1 aliphatic carbocycles. The molecule has 2 aromatic heterocycles. The van der Waals surface area contributed by atoms with Gasteiger partial charge in [-0.05, 0) is 67.8 Å². The molecule has 2 fully saturated rings. The van der Waals surface area contributed by atoms with E-state index in [1.165, 1.54) is 41.8 Å². The lowest BCUT2D eigenvalue weighted by Crippen LogP contribution is -2.47. The summed E-state index contributed by atoms with van der Waals surface area (Å²) in [7, 11) is 0. The summed E-state index contributed by atoms with van der Waals surface area (Å²) in [5.74, 6) is 0. The van der Waals surface area contributed by atoms with E-state index in [-0.39, 0.29) is 22.5 Å². The molecule has 4 heterocycles. The zero-order valence-corrected chi connectivity index (χ0v) is 19.8. The van der Waals surface area contributed by atoms with Gasteiger partial charge < -0.3 is 14.8 Å². The van der Waals surface area contributed by atoms with Gasteiger partial charge in [0.15, 0.2) is 0 Å². The summed E-state index contributed by atoms with van der Waals surface area (Å²) >= 11 is 1.88. The quantitative estimate of drug-likeness (QED) is 0.600. The van der Waals surface area contributed by atoms with E-state index in [9.17, 15) is 0 Å². The summed E-state index contributed by atoms with van der Waals surface area (Å²) < 4.78 is 12.7. The van der Waals surface area contributed by atoms with Crippen molar-refractivity contribution in [2.45, 2.75) is 81.3 Å². The number of fused-ring (bicyclic) bond motifs is 1. The van der Waals surface area contributed by atoms with Crippen molar-refractivity contribution in [3.8, 4) is 0 Å². The van der Waals surface area contributed by atoms with E-state index >= 15 is 0 Å². The van der Waals surface area contributed by atoms with Crippen LogP contribution in [0.1, 0.15) is 81.0 Å². The van der Waals surface area contributed by atoms with Gasteiger partial charge >= 0.3 is 0 Å². The lowest BCUT2D eigenvalue weighted by atomic mass is 9.68. The average Bonchev–Trinajstić information content (AvgIpc) is 3.44. The minimum atomic E-state index is 0.0828. The van der Waals surface area contributed by atoms with Crippen LogP contribution in [-0.2, 0) is 20.3 Å². The molecule has 0 amide bonds. The number of nitrogens with one attached hydrogen (secondary N) is 1. The molecule has 5 heteroatoms. The summed E-state index contributed by atoms with van der Waals surface area (Å²) in [4.78, 5) is 6.32. The molecule has 1 spiro atoms. The molecule has 0 bridgehead atoms. The zero-order chi connectivity index (χ0) is 21.4. The molecule has 2 atom stereocenters. The van der Waals surface area contributed by atoms with Crippen molar-refractivity contribution in [2.75, 3.05) is 26.3 Å². The van der Waals surface area contributed by atoms with Gasteiger partial charge in [0, 0.05) is 40.7 Å². The van der Waals surface area contributed by atoms with Crippen LogP contribution < -0.4 is 5.32 Å². The number of thiophene rings is 1. The fraction of sp³-hybridized carbons (Fsp3) is 0.654. The highest BCUT2D eigenvalue weighted by molar-refractivity contribution is 7.10. The highest BCUT2D eigenvalue weighted by Gasteiger charge is 2.48. The Morgan fingerprint density at radius 3 is 2.84 bits per heavy atom. The van der Waals surface area contributed by atoms with Gasteiger partial charge in [0.25, 0.3) is 0 Å². The Labute approximate surface area is 190 Å². The van der Waals surface area contributed by atoms with Crippen LogP contribution in [0.5, 0.6) is 0 Å². The van der Waals surface area contributed by atoms with Crippen LogP contribution in [0.25, 0.3) is 0 Å². The summed E-state index contributed by atoms with van der Waals surface area (Å²) in [6.45, 7) is 8.08. The van der Waals surface area contributed by atoms with Gasteiger partial charge in [-0.3, -0.25) is 4.98 Å². The van der Waals surface area contributed by atoms with Crippen LogP contribution in [0.15, 0.2) is 35.8 Å². The average molecular weight is 441 g/mol. The minimum Gasteiger partial charge on any atom is -0.375 e. The first-order chi connectivity index (χ1) is 15.0. The van der Waals surface area contributed by atoms with E-state index in [1.807, 2.05) is 23.6 Å². The Morgan fingerprint density at radius 2 is 2.03 bits per heavy atom.